The van der Waals surface area contributed by atoms with Crippen molar-refractivity contribution < 1.29 is 78.5 Å². The molecule has 0 aromatic rings. The van der Waals surface area contributed by atoms with E-state index in [-0.39, 0.29) is 70.6 Å². The van der Waals surface area contributed by atoms with Gasteiger partial charge in [-0.25, -0.2) is 0 Å². The third-order valence-corrected chi connectivity index (χ3v) is 19.3. The fourth-order valence-electron chi connectivity index (χ4n) is 15.1. The van der Waals surface area contributed by atoms with Crippen LogP contribution in [0.3, 0.4) is 0 Å². The summed E-state index contributed by atoms with van der Waals surface area (Å²) in [5.74, 6) is -0.462. The topological polar surface area (TPSA) is 240 Å². The van der Waals surface area contributed by atoms with Gasteiger partial charge in [0.15, 0.2) is 24.8 Å². The number of hydrogen-bond donors (Lipinski definition) is 7. The van der Waals surface area contributed by atoms with Crippen molar-refractivity contribution in [1.82, 2.24) is 0 Å². The maximum atomic E-state index is 15.0. The van der Waals surface area contributed by atoms with Crippen molar-refractivity contribution in [2.75, 3.05) is 13.2 Å². The Balaban J connectivity index is 1.02. The second kappa shape index (κ2) is 18.4. The summed E-state index contributed by atoms with van der Waals surface area (Å²) in [4.78, 5) is 27.7. The predicted octanol–water partition coefficient (Wildman–Crippen LogP) is 4.04. The number of aliphatic hydroxyl groups excluding tert-OH is 7. The van der Waals surface area contributed by atoms with Crippen LogP contribution in [-0.2, 0) is 42.7 Å². The van der Waals surface area contributed by atoms with Gasteiger partial charge in [0.1, 0.15) is 42.7 Å². The predicted molar refractivity (Wildman–Crippen MR) is 240 cm³/mol. The number of aliphatic hydroxyl groups is 7. The molecule has 8 rings (SSSR count). The fraction of sp³-hybridized carbons (Fsp3) is 0.922. The average Bonchev–Trinajstić information content (AvgIpc) is 3.24. The Kier molecular flexibility index (Phi) is 14.1. The van der Waals surface area contributed by atoms with Crippen LogP contribution in [0.15, 0.2) is 11.6 Å². The lowest BCUT2D eigenvalue weighted by molar-refractivity contribution is -0.357. The van der Waals surface area contributed by atoms with Crippen LogP contribution in [0.2, 0.25) is 0 Å². The molecule has 0 aromatic carbocycles. The number of allylic oxidation sites excluding steroid dienone is 2. The molecule has 16 heteroatoms. The van der Waals surface area contributed by atoms with Crippen molar-refractivity contribution in [3.05, 3.63) is 11.6 Å². The van der Waals surface area contributed by atoms with Crippen LogP contribution < -0.4 is 0 Å². The molecular formula is C51H82O16. The summed E-state index contributed by atoms with van der Waals surface area (Å²) in [7, 11) is 0. The molecule has 3 aliphatic heterocycles. The van der Waals surface area contributed by atoms with E-state index in [9.17, 15) is 45.3 Å². The molecule has 0 aromatic heterocycles. The van der Waals surface area contributed by atoms with Crippen molar-refractivity contribution >= 4 is 11.9 Å². The Morgan fingerprint density at radius 2 is 1.36 bits per heavy atom. The van der Waals surface area contributed by atoms with Crippen LogP contribution in [0.5, 0.6) is 0 Å². The number of esters is 2. The van der Waals surface area contributed by atoms with Gasteiger partial charge < -0.3 is 68.9 Å². The molecular weight excluding hydrogens is 869 g/mol. The summed E-state index contributed by atoms with van der Waals surface area (Å²) in [5.41, 5.74) is -0.296. The van der Waals surface area contributed by atoms with E-state index >= 15 is 0 Å². The summed E-state index contributed by atoms with van der Waals surface area (Å²) in [6, 6.07) is 0. The largest absolute Gasteiger partial charge is 0.456 e. The zero-order chi connectivity index (χ0) is 49.0. The van der Waals surface area contributed by atoms with Crippen LogP contribution in [0.4, 0.5) is 0 Å². The molecule has 16 nitrogen and oxygen atoms in total. The monoisotopic (exact) mass is 951 g/mol. The van der Waals surface area contributed by atoms with Gasteiger partial charge in [-0.05, 0) is 122 Å². The molecule has 7 fully saturated rings. The van der Waals surface area contributed by atoms with Crippen LogP contribution in [0.25, 0.3) is 0 Å². The summed E-state index contributed by atoms with van der Waals surface area (Å²) >= 11 is 0. The number of carbonyl (C=O) groups excluding carboxylic acids is 2. The maximum absolute atomic E-state index is 15.0. The molecule has 3 heterocycles. The van der Waals surface area contributed by atoms with Gasteiger partial charge in [-0.3, -0.25) is 9.59 Å². The molecule has 21 atom stereocenters. The van der Waals surface area contributed by atoms with Crippen LogP contribution in [0, 0.1) is 56.2 Å². The Hall–Kier alpha value is -1.80. The quantitative estimate of drug-likeness (QED) is 0.0981. The van der Waals surface area contributed by atoms with Gasteiger partial charge >= 0.3 is 11.9 Å². The van der Waals surface area contributed by atoms with Crippen molar-refractivity contribution in [3.63, 3.8) is 0 Å². The highest BCUT2D eigenvalue weighted by Crippen LogP contribution is 2.76. The first-order valence-corrected chi connectivity index (χ1v) is 25.3. The summed E-state index contributed by atoms with van der Waals surface area (Å²) < 4.78 is 42.1. The Labute approximate surface area is 396 Å². The summed E-state index contributed by atoms with van der Waals surface area (Å²) in [6.45, 7) is 21.4. The molecule has 5 aliphatic carbocycles. The highest BCUT2D eigenvalue weighted by Gasteiger charge is 2.70. The Bertz CT molecular complexity index is 1850. The molecule has 8 aliphatic rings. The minimum absolute atomic E-state index is 0.0173. The van der Waals surface area contributed by atoms with Crippen molar-refractivity contribution in [2.24, 2.45) is 56.2 Å². The molecule has 0 unspecified atom stereocenters. The minimum Gasteiger partial charge on any atom is -0.456 e. The normalized spacial score (nSPS) is 50.4. The molecule has 0 spiro atoms. The van der Waals surface area contributed by atoms with Crippen molar-refractivity contribution in [3.8, 4) is 0 Å². The third-order valence-electron chi connectivity index (χ3n) is 19.3. The standard InChI is InChI=1S/C51H82O16/c1-25(2)21-34(54)65-40-35(55)26(3)63-43(39(40)59)67-45(60)51-19-17-46(4,5)22-28(51)27-11-12-32-48(8)15-14-33(47(6,7)31(48)13-16-50(32,10)49(27,9)18-20-51)64-44-41(37(57)30(53)24-62-44)66-42-38(58)36(56)29(52)23-61-42/h11,25-26,28-33,35-44,52-53,55-59H,12-24H2,1-10H3/t26-,28-,29+,30+,31-,32+,33-,35-,36-,37-,38+,39+,40+,41+,42-,43-,44-,48-,49+,50+,51-/m0/s1. The summed E-state index contributed by atoms with van der Waals surface area (Å²) in [6.07, 6.45) is -7.01. The second-order valence-corrected chi connectivity index (χ2v) is 24.6. The number of ether oxygens (including phenoxy) is 7. The van der Waals surface area contributed by atoms with Gasteiger partial charge in [-0.15, -0.1) is 0 Å². The number of fused-ring (bicyclic) bond motifs is 7. The Morgan fingerprint density at radius 3 is 2.04 bits per heavy atom. The van der Waals surface area contributed by atoms with Crippen LogP contribution in [-0.4, -0.2) is 147 Å². The molecule has 0 amide bonds. The smallest absolute Gasteiger partial charge is 0.315 e. The molecule has 7 N–H and O–H groups in total. The van der Waals surface area contributed by atoms with E-state index in [2.05, 4.69) is 54.5 Å². The lowest BCUT2D eigenvalue weighted by Gasteiger charge is -2.71. The van der Waals surface area contributed by atoms with Gasteiger partial charge in [0.05, 0.1) is 30.8 Å². The van der Waals surface area contributed by atoms with Gasteiger partial charge in [0.25, 0.3) is 0 Å². The first kappa shape index (κ1) is 51.6. The summed E-state index contributed by atoms with van der Waals surface area (Å²) in [5, 5.41) is 75.1. The van der Waals surface area contributed by atoms with Gasteiger partial charge in [-0.2, -0.15) is 0 Å². The number of hydrogen-bond acceptors (Lipinski definition) is 16. The van der Waals surface area contributed by atoms with E-state index < -0.39 is 97.3 Å². The van der Waals surface area contributed by atoms with E-state index in [1.54, 1.807) is 6.92 Å². The molecule has 4 saturated carbocycles. The Morgan fingerprint density at radius 1 is 0.701 bits per heavy atom. The third kappa shape index (κ3) is 8.68. The lowest BCUT2D eigenvalue weighted by atomic mass is 9.33. The van der Waals surface area contributed by atoms with Gasteiger partial charge in [0, 0.05) is 6.42 Å². The first-order chi connectivity index (χ1) is 31.2. The molecule has 67 heavy (non-hydrogen) atoms. The zero-order valence-electron chi connectivity index (χ0n) is 41.5. The van der Waals surface area contributed by atoms with E-state index in [0.29, 0.717) is 25.2 Å². The number of rotatable bonds is 9. The van der Waals surface area contributed by atoms with Crippen molar-refractivity contribution in [1.29, 1.82) is 0 Å². The molecule has 0 bridgehead atoms. The maximum Gasteiger partial charge on any atom is 0.315 e. The molecule has 382 valence electrons. The van der Waals surface area contributed by atoms with Crippen molar-refractivity contribution in [2.45, 2.75) is 226 Å². The van der Waals surface area contributed by atoms with E-state index in [1.165, 1.54) is 5.57 Å². The van der Waals surface area contributed by atoms with Crippen LogP contribution in [0.1, 0.15) is 140 Å². The number of carbonyl (C=O) groups is 2. The van der Waals surface area contributed by atoms with E-state index in [1.807, 2.05) is 13.8 Å². The second-order valence-electron chi connectivity index (χ2n) is 24.6. The van der Waals surface area contributed by atoms with E-state index in [0.717, 1.165) is 44.9 Å². The highest BCUT2D eigenvalue weighted by atomic mass is 16.8. The molecule has 3 saturated heterocycles. The molecule has 0 radical (unpaired) electrons. The fourth-order valence-corrected chi connectivity index (χ4v) is 15.1. The van der Waals surface area contributed by atoms with E-state index in [4.69, 9.17) is 33.2 Å². The van der Waals surface area contributed by atoms with Crippen LogP contribution >= 0.6 is 0 Å². The zero-order valence-corrected chi connectivity index (χ0v) is 41.5. The lowest BCUT2D eigenvalue weighted by Crippen LogP contribution is -2.66. The van der Waals surface area contributed by atoms with Gasteiger partial charge in [0.2, 0.25) is 6.29 Å². The van der Waals surface area contributed by atoms with Gasteiger partial charge in [-0.1, -0.05) is 74.0 Å². The minimum atomic E-state index is -1.60. The highest BCUT2D eigenvalue weighted by molar-refractivity contribution is 5.79. The average molecular weight is 951 g/mol. The SMILES string of the molecule is CC(C)CC(=O)O[C@@H]1[C@@H](O)[C@H](C)O[C@@H](OC(=O)[C@]23CCC(C)(C)C[C@H]2C2=CC[C@@H]4[C@@]5(C)CC[C@H](O[C@@H]6OC[C@@H](O)[C@H](O)[C@H]6O[C@@H]6OC[C@@H](O)[C@H](O)[C@H]6O)C(C)(C)[C@@H]5CC[C@@]4(C)[C@]2(C)CC3)[C@@H]1O. The first-order valence-electron chi connectivity index (χ1n) is 25.3.